The third-order valence-corrected chi connectivity index (χ3v) is 4.78. The van der Waals surface area contributed by atoms with Gasteiger partial charge in [-0.05, 0) is 37.1 Å². The second kappa shape index (κ2) is 5.59. The number of nitrogens with one attached hydrogen (secondary N) is 3. The predicted octanol–water partition coefficient (Wildman–Crippen LogP) is 3.46. The molecule has 7 heteroatoms. The lowest BCUT2D eigenvalue weighted by Gasteiger charge is -2.08. The van der Waals surface area contributed by atoms with Gasteiger partial charge in [0.05, 0.1) is 19.0 Å². The van der Waals surface area contributed by atoms with E-state index >= 15 is 0 Å². The van der Waals surface area contributed by atoms with Crippen molar-refractivity contribution in [3.8, 4) is 16.9 Å². The number of hydrogen-bond donors (Lipinski definition) is 3. The molecule has 26 heavy (non-hydrogen) atoms. The molecule has 1 saturated carbocycles. The Morgan fingerprint density at radius 1 is 1.19 bits per heavy atom. The number of pyridine rings is 1. The maximum atomic E-state index is 11.9. The number of H-pyrrole nitrogens is 2. The minimum atomic E-state index is 0.0503. The van der Waals surface area contributed by atoms with E-state index in [4.69, 9.17) is 4.74 Å². The smallest absolute Gasteiger partial charge is 0.228 e. The zero-order valence-electron chi connectivity index (χ0n) is 14.2. The molecule has 4 aromatic rings. The van der Waals surface area contributed by atoms with Crippen molar-refractivity contribution in [3.05, 3.63) is 36.8 Å². The van der Waals surface area contributed by atoms with E-state index in [1.807, 2.05) is 30.5 Å². The number of carbonyl (C=O) groups excluding carboxylic acids is 1. The third-order valence-electron chi connectivity index (χ3n) is 4.78. The van der Waals surface area contributed by atoms with E-state index in [-0.39, 0.29) is 11.8 Å². The van der Waals surface area contributed by atoms with Crippen LogP contribution in [0.2, 0.25) is 0 Å². The summed E-state index contributed by atoms with van der Waals surface area (Å²) in [6.45, 7) is 0. The molecule has 3 N–H and O–H groups in total. The van der Waals surface area contributed by atoms with Gasteiger partial charge in [-0.15, -0.1) is 0 Å². The zero-order valence-corrected chi connectivity index (χ0v) is 14.2. The van der Waals surface area contributed by atoms with Crippen molar-refractivity contribution in [2.24, 2.45) is 5.92 Å². The zero-order chi connectivity index (χ0) is 17.7. The summed E-state index contributed by atoms with van der Waals surface area (Å²) >= 11 is 0. The molecule has 0 bridgehead atoms. The molecular weight excluding hydrogens is 330 g/mol. The van der Waals surface area contributed by atoms with Gasteiger partial charge in [0.2, 0.25) is 5.91 Å². The van der Waals surface area contributed by atoms with Crippen LogP contribution in [0.5, 0.6) is 5.75 Å². The van der Waals surface area contributed by atoms with Crippen molar-refractivity contribution in [3.63, 3.8) is 0 Å². The van der Waals surface area contributed by atoms with Crippen molar-refractivity contribution in [1.82, 2.24) is 19.9 Å². The van der Waals surface area contributed by atoms with E-state index in [1.165, 1.54) is 0 Å². The molecule has 0 spiro atoms. The first-order valence-electron chi connectivity index (χ1n) is 8.54. The summed E-state index contributed by atoms with van der Waals surface area (Å²) in [5, 5.41) is 3.84. The summed E-state index contributed by atoms with van der Waals surface area (Å²) in [5.41, 5.74) is 4.36. The fourth-order valence-corrected chi connectivity index (χ4v) is 3.27. The number of aromatic nitrogens is 4. The van der Waals surface area contributed by atoms with Crippen LogP contribution >= 0.6 is 0 Å². The van der Waals surface area contributed by atoms with E-state index < -0.39 is 0 Å². The molecule has 1 fully saturated rings. The van der Waals surface area contributed by atoms with Crippen LogP contribution in [0.15, 0.2) is 36.8 Å². The summed E-state index contributed by atoms with van der Waals surface area (Å²) in [6.07, 6.45) is 5.50. The predicted molar refractivity (Wildman–Crippen MR) is 99.1 cm³/mol. The van der Waals surface area contributed by atoms with Crippen LogP contribution in [0.1, 0.15) is 12.8 Å². The highest BCUT2D eigenvalue weighted by molar-refractivity contribution is 6.01. The molecule has 0 unspecified atom stereocenters. The highest BCUT2D eigenvalue weighted by atomic mass is 16.5. The molecule has 0 aliphatic heterocycles. The number of aromatic amines is 2. The Morgan fingerprint density at radius 2 is 2.08 bits per heavy atom. The second-order valence-electron chi connectivity index (χ2n) is 6.50. The van der Waals surface area contributed by atoms with Crippen LogP contribution in [0.25, 0.3) is 33.2 Å². The quantitative estimate of drug-likeness (QED) is 0.527. The number of ether oxygens (including phenoxy) is 1. The lowest BCUT2D eigenvalue weighted by Crippen LogP contribution is -2.14. The van der Waals surface area contributed by atoms with Crippen LogP contribution in [-0.2, 0) is 4.79 Å². The summed E-state index contributed by atoms with van der Waals surface area (Å²) < 4.78 is 5.63. The third kappa shape index (κ3) is 2.32. The standard InChI is InChI=1S/C19H17N5O2/c1-26-17-11(4-6-14-16(17)22-9-21-14)13-8-20-18-12(13)5-7-15(23-18)24-19(25)10-2-3-10/h4-10H,2-3H2,1H3,(H,21,22)(H2,20,23,24,25). The van der Waals surface area contributed by atoms with Crippen LogP contribution in [0.4, 0.5) is 5.82 Å². The van der Waals surface area contributed by atoms with E-state index in [0.717, 1.165) is 51.8 Å². The normalized spacial score (nSPS) is 14.0. The number of benzene rings is 1. The molecule has 1 aromatic carbocycles. The van der Waals surface area contributed by atoms with Gasteiger partial charge in [0.15, 0.2) is 5.75 Å². The van der Waals surface area contributed by atoms with E-state index in [9.17, 15) is 4.79 Å². The SMILES string of the molecule is COc1c(-c2c[nH]c3nc(NC(=O)C4CC4)ccc23)ccc2[nH]cnc12. The minimum absolute atomic E-state index is 0.0503. The number of imidazole rings is 1. The highest BCUT2D eigenvalue weighted by Crippen LogP contribution is 2.38. The number of methoxy groups -OCH3 is 1. The van der Waals surface area contributed by atoms with E-state index in [0.29, 0.717) is 5.82 Å². The van der Waals surface area contributed by atoms with Gasteiger partial charge in [0.1, 0.15) is 17.0 Å². The molecule has 0 radical (unpaired) electrons. The average molecular weight is 347 g/mol. The van der Waals surface area contributed by atoms with Crippen LogP contribution < -0.4 is 10.1 Å². The topological polar surface area (TPSA) is 95.7 Å². The van der Waals surface area contributed by atoms with E-state index in [1.54, 1.807) is 13.4 Å². The molecule has 0 atom stereocenters. The minimum Gasteiger partial charge on any atom is -0.494 e. The Hall–Kier alpha value is -3.35. The lowest BCUT2D eigenvalue weighted by molar-refractivity contribution is -0.117. The fourth-order valence-electron chi connectivity index (χ4n) is 3.27. The number of amides is 1. The van der Waals surface area contributed by atoms with E-state index in [2.05, 4.69) is 25.3 Å². The maximum Gasteiger partial charge on any atom is 0.228 e. The number of anilines is 1. The highest BCUT2D eigenvalue weighted by Gasteiger charge is 2.29. The lowest BCUT2D eigenvalue weighted by atomic mass is 10.0. The second-order valence-corrected chi connectivity index (χ2v) is 6.50. The number of fused-ring (bicyclic) bond motifs is 2. The monoisotopic (exact) mass is 347 g/mol. The Balaban J connectivity index is 1.58. The first kappa shape index (κ1) is 14.9. The molecule has 1 aliphatic carbocycles. The molecule has 1 amide bonds. The number of carbonyl (C=O) groups is 1. The Morgan fingerprint density at radius 3 is 2.88 bits per heavy atom. The van der Waals surface area contributed by atoms with Gasteiger partial charge in [0, 0.05) is 28.6 Å². The fraction of sp³-hybridized carbons (Fsp3) is 0.211. The van der Waals surface area contributed by atoms with Crippen LogP contribution in [0.3, 0.4) is 0 Å². The van der Waals surface area contributed by atoms with Gasteiger partial charge in [-0.3, -0.25) is 4.79 Å². The van der Waals surface area contributed by atoms with Gasteiger partial charge >= 0.3 is 0 Å². The first-order chi connectivity index (χ1) is 12.7. The van der Waals surface area contributed by atoms with Crippen LogP contribution in [0, 0.1) is 5.92 Å². The Bertz CT molecular complexity index is 1140. The molecule has 3 heterocycles. The average Bonchev–Trinajstić information content (AvgIpc) is 3.26. The largest absolute Gasteiger partial charge is 0.494 e. The Labute approximate surface area is 148 Å². The van der Waals surface area contributed by atoms with Gasteiger partial charge in [-0.2, -0.15) is 0 Å². The first-order valence-corrected chi connectivity index (χ1v) is 8.54. The number of hydrogen-bond acceptors (Lipinski definition) is 4. The summed E-state index contributed by atoms with van der Waals surface area (Å²) in [5.74, 6) is 1.49. The molecule has 3 aromatic heterocycles. The molecular formula is C19H17N5O2. The van der Waals surface area contributed by atoms with Gasteiger partial charge in [-0.25, -0.2) is 9.97 Å². The van der Waals surface area contributed by atoms with Crippen molar-refractivity contribution in [2.45, 2.75) is 12.8 Å². The summed E-state index contributed by atoms with van der Waals surface area (Å²) in [6, 6.07) is 7.78. The van der Waals surface area contributed by atoms with Crippen molar-refractivity contribution < 1.29 is 9.53 Å². The van der Waals surface area contributed by atoms with Crippen molar-refractivity contribution in [1.29, 1.82) is 0 Å². The van der Waals surface area contributed by atoms with Gasteiger partial charge in [-0.1, -0.05) is 0 Å². The molecule has 0 saturated heterocycles. The molecule has 130 valence electrons. The van der Waals surface area contributed by atoms with Crippen molar-refractivity contribution >= 4 is 33.8 Å². The van der Waals surface area contributed by atoms with Crippen LogP contribution in [-0.4, -0.2) is 33.0 Å². The molecule has 7 nitrogen and oxygen atoms in total. The summed E-state index contributed by atoms with van der Waals surface area (Å²) in [4.78, 5) is 27.1. The summed E-state index contributed by atoms with van der Waals surface area (Å²) in [7, 11) is 1.64. The number of nitrogens with zero attached hydrogens (tertiary/aromatic N) is 2. The molecule has 5 rings (SSSR count). The van der Waals surface area contributed by atoms with Crippen molar-refractivity contribution in [2.75, 3.05) is 12.4 Å². The number of rotatable bonds is 4. The maximum absolute atomic E-state index is 11.9. The van der Waals surface area contributed by atoms with Gasteiger partial charge < -0.3 is 20.0 Å². The molecule has 1 aliphatic rings. The Kier molecular flexibility index (Phi) is 3.21. The van der Waals surface area contributed by atoms with Gasteiger partial charge in [0.25, 0.3) is 0 Å².